The van der Waals surface area contributed by atoms with Crippen LogP contribution in [0.3, 0.4) is 0 Å². The molecule has 1 aromatic rings. The van der Waals surface area contributed by atoms with E-state index in [1.807, 2.05) is 0 Å². The van der Waals surface area contributed by atoms with Crippen molar-refractivity contribution in [3.8, 4) is 11.8 Å². The van der Waals surface area contributed by atoms with Crippen LogP contribution in [0.1, 0.15) is 22.8 Å². The van der Waals surface area contributed by atoms with Gasteiger partial charge in [0, 0.05) is 5.56 Å². The Morgan fingerprint density at radius 3 is 2.71 bits per heavy atom. The summed E-state index contributed by atoms with van der Waals surface area (Å²) in [6.45, 7) is 1.53. The molecule has 0 radical (unpaired) electrons. The quantitative estimate of drug-likeness (QED) is 0.484. The number of phenolic OH excluding ortho intramolecular Hbond substituents is 1. The van der Waals surface area contributed by atoms with Crippen molar-refractivity contribution in [1.29, 1.82) is 5.26 Å². The minimum atomic E-state index is -1.14. The number of halogens is 1. The predicted octanol–water partition coefficient (Wildman–Crippen LogP) is 1.15. The van der Waals surface area contributed by atoms with Gasteiger partial charge < -0.3 is 9.84 Å². The Labute approximate surface area is 96.0 Å². The van der Waals surface area contributed by atoms with Gasteiger partial charge in [0.2, 0.25) is 0 Å². The highest BCUT2D eigenvalue weighted by Gasteiger charge is 2.21. The monoisotopic (exact) mass is 237 g/mol. The van der Waals surface area contributed by atoms with Gasteiger partial charge in [0.1, 0.15) is 6.07 Å². The highest BCUT2D eigenvalue weighted by molar-refractivity contribution is 6.40. The topological polar surface area (TPSA) is 87.4 Å². The molecule has 0 amide bonds. The van der Waals surface area contributed by atoms with Crippen molar-refractivity contribution < 1.29 is 23.8 Å². The molecule has 1 aromatic carbocycles. The SMILES string of the molecule is CCOC(=O)C(=O)c1cc(F)c(O)c(C#N)c1. The maximum Gasteiger partial charge on any atom is 0.379 e. The highest BCUT2D eigenvalue weighted by Crippen LogP contribution is 2.22. The van der Waals surface area contributed by atoms with Gasteiger partial charge in [0.05, 0.1) is 12.2 Å². The van der Waals surface area contributed by atoms with E-state index in [9.17, 15) is 14.0 Å². The van der Waals surface area contributed by atoms with Crippen molar-refractivity contribution in [3.63, 3.8) is 0 Å². The van der Waals surface area contributed by atoms with Crippen molar-refractivity contribution in [3.05, 3.63) is 29.1 Å². The lowest BCUT2D eigenvalue weighted by atomic mass is 10.1. The maximum absolute atomic E-state index is 13.1. The molecule has 5 nitrogen and oxygen atoms in total. The number of benzene rings is 1. The summed E-state index contributed by atoms with van der Waals surface area (Å²) < 4.78 is 17.6. The minimum absolute atomic E-state index is 0.0102. The first kappa shape index (κ1) is 12.6. The second-order valence-electron chi connectivity index (χ2n) is 3.02. The van der Waals surface area contributed by atoms with Gasteiger partial charge in [0.25, 0.3) is 5.78 Å². The Balaban J connectivity index is 3.17. The van der Waals surface area contributed by atoms with Crippen molar-refractivity contribution in [2.75, 3.05) is 6.61 Å². The first-order valence-corrected chi connectivity index (χ1v) is 4.65. The van der Waals surface area contributed by atoms with Gasteiger partial charge in [-0.25, -0.2) is 9.18 Å². The zero-order chi connectivity index (χ0) is 13.0. The van der Waals surface area contributed by atoms with Gasteiger partial charge in [-0.05, 0) is 19.1 Å². The molecule has 0 saturated carbocycles. The van der Waals surface area contributed by atoms with Crippen LogP contribution in [0.2, 0.25) is 0 Å². The molecule has 6 heteroatoms. The van der Waals surface area contributed by atoms with Crippen molar-refractivity contribution in [2.45, 2.75) is 6.92 Å². The molecule has 0 bridgehead atoms. The van der Waals surface area contributed by atoms with Crippen LogP contribution in [-0.2, 0) is 9.53 Å². The van der Waals surface area contributed by atoms with Crippen LogP contribution in [0.5, 0.6) is 5.75 Å². The summed E-state index contributed by atoms with van der Waals surface area (Å²) in [5, 5.41) is 17.7. The van der Waals surface area contributed by atoms with Crippen LogP contribution in [0.25, 0.3) is 0 Å². The van der Waals surface area contributed by atoms with Gasteiger partial charge in [-0.1, -0.05) is 0 Å². The molecule has 1 N–H and O–H groups in total. The minimum Gasteiger partial charge on any atom is -0.504 e. The summed E-state index contributed by atoms with van der Waals surface area (Å²) in [4.78, 5) is 22.5. The number of esters is 1. The fraction of sp³-hybridized carbons (Fsp3) is 0.182. The maximum atomic E-state index is 13.1. The lowest BCUT2D eigenvalue weighted by Crippen LogP contribution is -2.17. The largest absolute Gasteiger partial charge is 0.504 e. The van der Waals surface area contributed by atoms with E-state index in [0.717, 1.165) is 6.07 Å². The van der Waals surface area contributed by atoms with Crippen molar-refractivity contribution >= 4 is 11.8 Å². The molecule has 0 spiro atoms. The lowest BCUT2D eigenvalue weighted by molar-refractivity contribution is -0.137. The highest BCUT2D eigenvalue weighted by atomic mass is 19.1. The van der Waals surface area contributed by atoms with E-state index in [-0.39, 0.29) is 12.2 Å². The van der Waals surface area contributed by atoms with Crippen LogP contribution in [0.15, 0.2) is 12.1 Å². The number of aromatic hydroxyl groups is 1. The summed E-state index contributed by atoms with van der Waals surface area (Å²) in [6, 6.07) is 3.11. The first-order chi connectivity index (χ1) is 8.01. The van der Waals surface area contributed by atoms with E-state index in [1.54, 1.807) is 0 Å². The summed E-state index contributed by atoms with van der Waals surface area (Å²) in [7, 11) is 0. The Hall–Kier alpha value is -2.42. The molecular formula is C11H8FNO4. The molecule has 0 fully saturated rings. The number of rotatable bonds is 3. The number of hydrogen-bond donors (Lipinski definition) is 1. The Kier molecular flexibility index (Phi) is 3.78. The Morgan fingerprint density at radius 2 is 2.18 bits per heavy atom. The number of hydrogen-bond acceptors (Lipinski definition) is 5. The summed E-state index contributed by atoms with van der Waals surface area (Å²) in [5.74, 6) is -4.20. The Morgan fingerprint density at radius 1 is 1.53 bits per heavy atom. The number of Topliss-reactive ketones (excluding diaryl/α,β-unsaturated/α-hetero) is 1. The first-order valence-electron chi connectivity index (χ1n) is 4.65. The van der Waals surface area contributed by atoms with E-state index < -0.39 is 28.9 Å². The van der Waals surface area contributed by atoms with E-state index in [0.29, 0.717) is 6.07 Å². The van der Waals surface area contributed by atoms with E-state index >= 15 is 0 Å². The standard InChI is InChI=1S/C11H8FNO4/c1-2-17-11(16)10(15)6-3-7(5-13)9(14)8(12)4-6/h3-4,14H,2H2,1H3. The molecule has 1 rings (SSSR count). The van der Waals surface area contributed by atoms with Gasteiger partial charge >= 0.3 is 5.97 Å². The van der Waals surface area contributed by atoms with Gasteiger partial charge in [-0.2, -0.15) is 5.26 Å². The van der Waals surface area contributed by atoms with Gasteiger partial charge in [-0.3, -0.25) is 4.79 Å². The number of ketones is 1. The van der Waals surface area contributed by atoms with E-state index in [2.05, 4.69) is 4.74 Å². The number of ether oxygens (including phenoxy) is 1. The second kappa shape index (κ2) is 5.07. The summed E-state index contributed by atoms with van der Waals surface area (Å²) >= 11 is 0. The third-order valence-corrected chi connectivity index (χ3v) is 1.91. The van der Waals surface area contributed by atoms with Crippen LogP contribution in [0, 0.1) is 17.1 Å². The summed E-state index contributed by atoms with van der Waals surface area (Å²) in [6.07, 6.45) is 0. The fourth-order valence-electron chi connectivity index (χ4n) is 1.13. The molecule has 0 unspecified atom stereocenters. The molecule has 0 aliphatic rings. The zero-order valence-electron chi connectivity index (χ0n) is 8.86. The molecule has 0 atom stereocenters. The number of carbonyl (C=O) groups is 2. The van der Waals surface area contributed by atoms with Crippen molar-refractivity contribution in [2.24, 2.45) is 0 Å². The Bertz CT molecular complexity index is 519. The average Bonchev–Trinajstić information content (AvgIpc) is 2.31. The second-order valence-corrected chi connectivity index (χ2v) is 3.02. The predicted molar refractivity (Wildman–Crippen MR) is 53.7 cm³/mol. The van der Waals surface area contributed by atoms with Crippen molar-refractivity contribution in [1.82, 2.24) is 0 Å². The van der Waals surface area contributed by atoms with E-state index in [4.69, 9.17) is 10.4 Å². The lowest BCUT2D eigenvalue weighted by Gasteiger charge is -2.03. The summed E-state index contributed by atoms with van der Waals surface area (Å²) in [5.41, 5.74) is -0.757. The van der Waals surface area contributed by atoms with Crippen LogP contribution in [0.4, 0.5) is 4.39 Å². The van der Waals surface area contributed by atoms with Crippen LogP contribution in [-0.4, -0.2) is 23.5 Å². The number of nitrogens with zero attached hydrogens (tertiary/aromatic N) is 1. The third-order valence-electron chi connectivity index (χ3n) is 1.91. The average molecular weight is 237 g/mol. The molecule has 0 aliphatic heterocycles. The van der Waals surface area contributed by atoms with Crippen LogP contribution < -0.4 is 0 Å². The van der Waals surface area contributed by atoms with E-state index in [1.165, 1.54) is 13.0 Å². The molecular weight excluding hydrogens is 229 g/mol. The molecule has 17 heavy (non-hydrogen) atoms. The molecule has 0 aliphatic carbocycles. The number of carbonyl (C=O) groups excluding carboxylic acids is 2. The zero-order valence-corrected chi connectivity index (χ0v) is 8.86. The molecule has 0 heterocycles. The molecule has 0 aromatic heterocycles. The molecule has 0 saturated heterocycles. The van der Waals surface area contributed by atoms with Crippen LogP contribution >= 0.6 is 0 Å². The molecule has 88 valence electrons. The third kappa shape index (κ3) is 2.58. The fourth-order valence-corrected chi connectivity index (χ4v) is 1.13. The number of phenols is 1. The number of nitriles is 1. The normalized spacial score (nSPS) is 9.47. The van der Waals surface area contributed by atoms with Gasteiger partial charge in [-0.15, -0.1) is 0 Å². The van der Waals surface area contributed by atoms with Gasteiger partial charge in [0.15, 0.2) is 11.6 Å². The smallest absolute Gasteiger partial charge is 0.379 e.